The second-order valence-electron chi connectivity index (χ2n) is 8.73. The van der Waals surface area contributed by atoms with Crippen molar-refractivity contribution in [3.63, 3.8) is 0 Å². The number of carbonyl (C=O) groups excluding carboxylic acids is 2. The number of fused-ring (bicyclic) bond motifs is 1. The van der Waals surface area contributed by atoms with E-state index in [1.54, 1.807) is 7.05 Å². The fourth-order valence-electron chi connectivity index (χ4n) is 4.10. The molecule has 0 aliphatic heterocycles. The average Bonchev–Trinajstić information content (AvgIpc) is 3.22. The van der Waals surface area contributed by atoms with E-state index in [4.69, 9.17) is 9.72 Å². The molecule has 0 fully saturated rings. The lowest BCUT2D eigenvalue weighted by Crippen LogP contribution is -2.24. The summed E-state index contributed by atoms with van der Waals surface area (Å²) in [5.41, 5.74) is 8.65. The van der Waals surface area contributed by atoms with Gasteiger partial charge < -0.3 is 15.0 Å². The lowest BCUT2D eigenvalue weighted by atomic mass is 9.99. The van der Waals surface area contributed by atoms with Crippen molar-refractivity contribution in [2.75, 3.05) is 13.7 Å². The first-order chi connectivity index (χ1) is 16.2. The number of ketones is 1. The Hall–Kier alpha value is -3.93. The van der Waals surface area contributed by atoms with Gasteiger partial charge in [-0.25, -0.2) is 4.98 Å². The van der Waals surface area contributed by atoms with Gasteiger partial charge in [0, 0.05) is 24.6 Å². The summed E-state index contributed by atoms with van der Waals surface area (Å²) < 4.78 is 5.59. The minimum atomic E-state index is -0.181. The number of ether oxygens (including phenoxy) is 1. The summed E-state index contributed by atoms with van der Waals surface area (Å²) in [5.74, 6) is 1.27. The van der Waals surface area contributed by atoms with Gasteiger partial charge in [0.1, 0.15) is 11.6 Å². The largest absolute Gasteiger partial charge is 0.484 e. The summed E-state index contributed by atoms with van der Waals surface area (Å²) in [4.78, 5) is 32.5. The maximum Gasteiger partial charge on any atom is 0.257 e. The first kappa shape index (κ1) is 23.2. The Balaban J connectivity index is 1.59. The predicted octanol–water partition coefficient (Wildman–Crippen LogP) is 5.01. The van der Waals surface area contributed by atoms with E-state index in [-0.39, 0.29) is 18.3 Å². The number of hydrogen-bond donors (Lipinski definition) is 2. The quantitative estimate of drug-likeness (QED) is 0.384. The number of aromatic nitrogens is 2. The number of aromatic amines is 1. The molecule has 4 aromatic rings. The Morgan fingerprint density at radius 2 is 1.65 bits per heavy atom. The molecule has 34 heavy (non-hydrogen) atoms. The molecule has 4 rings (SSSR count). The van der Waals surface area contributed by atoms with Crippen LogP contribution in [0.1, 0.15) is 38.2 Å². The molecule has 6 heteroatoms. The monoisotopic (exact) mass is 455 g/mol. The maximum absolute atomic E-state index is 12.9. The van der Waals surface area contributed by atoms with Gasteiger partial charge in [0.05, 0.1) is 11.0 Å². The molecular formula is C28H29N3O3. The number of nitrogens with one attached hydrogen (secondary N) is 2. The zero-order valence-electron chi connectivity index (χ0n) is 20.2. The standard InChI is InChI=1S/C28H29N3O3/c1-16-6-7-20(10-17(16)2)13-25(32)21-8-9-23-24(14-21)31-28(30-23)27-18(3)11-22(12-19(27)4)34-15-26(33)29-5/h6-12,14H,13,15H2,1-5H3,(H,29,33)(H,30,31). The third kappa shape index (κ3) is 4.86. The number of aryl methyl sites for hydroxylation is 4. The van der Waals surface area contributed by atoms with Gasteiger partial charge in [-0.15, -0.1) is 0 Å². The normalized spacial score (nSPS) is 11.0. The highest BCUT2D eigenvalue weighted by molar-refractivity contribution is 6.00. The van der Waals surface area contributed by atoms with E-state index in [9.17, 15) is 9.59 Å². The first-order valence-electron chi connectivity index (χ1n) is 11.3. The van der Waals surface area contributed by atoms with Crippen molar-refractivity contribution >= 4 is 22.7 Å². The molecule has 0 aliphatic rings. The number of hydrogen-bond acceptors (Lipinski definition) is 4. The number of carbonyl (C=O) groups is 2. The molecule has 0 radical (unpaired) electrons. The predicted molar refractivity (Wildman–Crippen MR) is 135 cm³/mol. The van der Waals surface area contributed by atoms with Crippen LogP contribution in [0.15, 0.2) is 48.5 Å². The number of benzene rings is 3. The number of Topliss-reactive ketones (excluding diaryl/α,β-unsaturated/α-hetero) is 1. The van der Waals surface area contributed by atoms with Crippen LogP contribution in [-0.4, -0.2) is 35.3 Å². The van der Waals surface area contributed by atoms with Gasteiger partial charge in [0.2, 0.25) is 0 Å². The molecule has 1 aromatic heterocycles. The summed E-state index contributed by atoms with van der Waals surface area (Å²) in [7, 11) is 1.58. The summed E-state index contributed by atoms with van der Waals surface area (Å²) in [6.07, 6.45) is 0.364. The molecule has 0 unspecified atom stereocenters. The second-order valence-corrected chi connectivity index (χ2v) is 8.73. The van der Waals surface area contributed by atoms with Crippen molar-refractivity contribution in [2.45, 2.75) is 34.1 Å². The molecule has 2 N–H and O–H groups in total. The van der Waals surface area contributed by atoms with Crippen LogP contribution in [0.25, 0.3) is 22.4 Å². The van der Waals surface area contributed by atoms with E-state index in [1.807, 2.05) is 50.2 Å². The van der Waals surface area contributed by atoms with Gasteiger partial charge in [-0.1, -0.05) is 18.2 Å². The number of amides is 1. The summed E-state index contributed by atoms with van der Waals surface area (Å²) in [5, 5.41) is 2.54. The summed E-state index contributed by atoms with van der Waals surface area (Å²) in [6.45, 7) is 8.07. The Labute approximate surface area is 199 Å². The van der Waals surface area contributed by atoms with E-state index in [0.717, 1.165) is 39.1 Å². The SMILES string of the molecule is CNC(=O)COc1cc(C)c(-c2nc3ccc(C(=O)Cc4ccc(C)c(C)c4)cc3[nH]2)c(C)c1. The summed E-state index contributed by atoms with van der Waals surface area (Å²) in [6, 6.07) is 15.5. The van der Waals surface area contributed by atoms with Crippen molar-refractivity contribution < 1.29 is 14.3 Å². The van der Waals surface area contributed by atoms with Crippen molar-refractivity contribution in [1.82, 2.24) is 15.3 Å². The van der Waals surface area contributed by atoms with Crippen LogP contribution in [0.4, 0.5) is 0 Å². The topological polar surface area (TPSA) is 84.1 Å². The molecule has 0 aliphatic carbocycles. The minimum absolute atomic E-state index is 0.0294. The zero-order chi connectivity index (χ0) is 24.4. The number of H-pyrrole nitrogens is 1. The highest BCUT2D eigenvalue weighted by Gasteiger charge is 2.15. The first-order valence-corrected chi connectivity index (χ1v) is 11.3. The van der Waals surface area contributed by atoms with Crippen LogP contribution in [0.5, 0.6) is 5.75 Å². The number of likely N-dealkylation sites (N-methyl/N-ethyl adjacent to an activating group) is 1. The Kier molecular flexibility index (Phi) is 6.50. The van der Waals surface area contributed by atoms with Crippen LogP contribution in [0.3, 0.4) is 0 Å². The lowest BCUT2D eigenvalue weighted by Gasteiger charge is -2.11. The molecule has 0 saturated heterocycles. The lowest BCUT2D eigenvalue weighted by molar-refractivity contribution is -0.122. The molecule has 0 atom stereocenters. The molecule has 1 heterocycles. The fraction of sp³-hybridized carbons (Fsp3) is 0.250. The van der Waals surface area contributed by atoms with Gasteiger partial charge in [-0.2, -0.15) is 0 Å². The Morgan fingerprint density at radius 1 is 0.912 bits per heavy atom. The molecule has 6 nitrogen and oxygen atoms in total. The van der Waals surface area contributed by atoms with Crippen LogP contribution in [-0.2, 0) is 11.2 Å². The van der Waals surface area contributed by atoms with E-state index in [0.29, 0.717) is 17.7 Å². The van der Waals surface area contributed by atoms with E-state index < -0.39 is 0 Å². The molecule has 3 aromatic carbocycles. The fourth-order valence-corrected chi connectivity index (χ4v) is 4.10. The number of rotatable bonds is 7. The maximum atomic E-state index is 12.9. The van der Waals surface area contributed by atoms with Gasteiger partial charge >= 0.3 is 0 Å². The van der Waals surface area contributed by atoms with Crippen molar-refractivity contribution in [1.29, 1.82) is 0 Å². The highest BCUT2D eigenvalue weighted by Crippen LogP contribution is 2.31. The van der Waals surface area contributed by atoms with E-state index in [2.05, 4.69) is 36.3 Å². The van der Waals surface area contributed by atoms with Crippen molar-refractivity contribution in [2.24, 2.45) is 0 Å². The number of nitrogens with zero attached hydrogens (tertiary/aromatic N) is 1. The summed E-state index contributed by atoms with van der Waals surface area (Å²) >= 11 is 0. The van der Waals surface area contributed by atoms with Crippen molar-refractivity contribution in [3.05, 3.63) is 81.9 Å². The molecule has 1 amide bonds. The molecule has 0 saturated carbocycles. The Bertz CT molecular complexity index is 1380. The highest BCUT2D eigenvalue weighted by atomic mass is 16.5. The zero-order valence-corrected chi connectivity index (χ0v) is 20.2. The van der Waals surface area contributed by atoms with E-state index >= 15 is 0 Å². The Morgan fingerprint density at radius 3 is 2.32 bits per heavy atom. The van der Waals surface area contributed by atoms with Gasteiger partial charge in [-0.05, 0) is 85.8 Å². The third-order valence-electron chi connectivity index (χ3n) is 6.13. The van der Waals surface area contributed by atoms with Crippen LogP contribution >= 0.6 is 0 Å². The number of imidazole rings is 1. The minimum Gasteiger partial charge on any atom is -0.484 e. The van der Waals surface area contributed by atoms with E-state index in [1.165, 1.54) is 11.1 Å². The van der Waals surface area contributed by atoms with Crippen LogP contribution in [0, 0.1) is 27.7 Å². The van der Waals surface area contributed by atoms with Gasteiger partial charge in [-0.3, -0.25) is 9.59 Å². The van der Waals surface area contributed by atoms with Crippen LogP contribution < -0.4 is 10.1 Å². The smallest absolute Gasteiger partial charge is 0.257 e. The molecule has 174 valence electrons. The van der Waals surface area contributed by atoms with Gasteiger partial charge in [0.15, 0.2) is 12.4 Å². The van der Waals surface area contributed by atoms with Gasteiger partial charge in [0.25, 0.3) is 5.91 Å². The van der Waals surface area contributed by atoms with Crippen LogP contribution in [0.2, 0.25) is 0 Å². The average molecular weight is 456 g/mol. The molecular weight excluding hydrogens is 426 g/mol. The molecule has 0 bridgehead atoms. The second kappa shape index (κ2) is 9.51. The third-order valence-corrected chi connectivity index (χ3v) is 6.13. The van der Waals surface area contributed by atoms with Crippen molar-refractivity contribution in [3.8, 4) is 17.1 Å². The molecule has 0 spiro atoms.